The van der Waals surface area contributed by atoms with Crippen LogP contribution in [0.1, 0.15) is 28.6 Å². The number of furan rings is 1. The van der Waals surface area contributed by atoms with Crippen molar-refractivity contribution in [2.24, 2.45) is 4.99 Å². The van der Waals surface area contributed by atoms with Crippen molar-refractivity contribution in [3.8, 4) is 0 Å². The third kappa shape index (κ3) is 5.18. The molecule has 0 saturated carbocycles. The number of aromatic nitrogens is 1. The van der Waals surface area contributed by atoms with Crippen LogP contribution in [0.2, 0.25) is 0 Å². The smallest absolute Gasteiger partial charge is 0.191 e. The van der Waals surface area contributed by atoms with Gasteiger partial charge in [-0.3, -0.25) is 4.99 Å². The first-order chi connectivity index (χ1) is 11.7. The van der Waals surface area contributed by atoms with Crippen molar-refractivity contribution >= 4 is 52.2 Å². The molecular formula is C18H23IN4OS. The summed E-state index contributed by atoms with van der Waals surface area (Å²) in [4.78, 5) is 9.90. The maximum absolute atomic E-state index is 5.90. The van der Waals surface area contributed by atoms with Crippen LogP contribution < -0.4 is 10.6 Å². The summed E-state index contributed by atoms with van der Waals surface area (Å²) in [6.07, 6.45) is 2.80. The second-order valence-corrected chi connectivity index (χ2v) is 6.99. The lowest BCUT2D eigenvalue weighted by molar-refractivity contribution is 0.488. The molecule has 0 spiro atoms. The first kappa shape index (κ1) is 19.7. The van der Waals surface area contributed by atoms with Gasteiger partial charge in [-0.1, -0.05) is 18.2 Å². The van der Waals surface area contributed by atoms with Gasteiger partial charge < -0.3 is 15.1 Å². The highest BCUT2D eigenvalue weighted by Crippen LogP contribution is 2.23. The lowest BCUT2D eigenvalue weighted by atomic mass is 10.2. The molecule has 5 nitrogen and oxygen atoms in total. The summed E-state index contributed by atoms with van der Waals surface area (Å²) >= 11 is 1.73. The number of guanidine groups is 1. The summed E-state index contributed by atoms with van der Waals surface area (Å²) in [7, 11) is 1.77. The molecule has 0 amide bonds. The largest absolute Gasteiger partial charge is 0.459 e. The molecule has 3 rings (SSSR count). The molecule has 1 atom stereocenters. The standard InChI is InChI=1S/C18H22N4OS.HI/c1-12-11-21-17(24-12)8-9-20-18(19-3)22-13(2)16-10-14-6-4-5-7-15(14)23-16;/h4-7,10-11,13H,8-9H2,1-3H3,(H2,19,20,22);1H. The summed E-state index contributed by atoms with van der Waals surface area (Å²) < 4.78 is 5.90. The summed E-state index contributed by atoms with van der Waals surface area (Å²) in [5, 5.41) is 8.94. The summed E-state index contributed by atoms with van der Waals surface area (Å²) in [5.74, 6) is 1.66. The van der Waals surface area contributed by atoms with Crippen molar-refractivity contribution in [1.82, 2.24) is 15.6 Å². The van der Waals surface area contributed by atoms with Gasteiger partial charge in [0.15, 0.2) is 5.96 Å². The fraction of sp³-hybridized carbons (Fsp3) is 0.333. The molecule has 0 radical (unpaired) electrons. The van der Waals surface area contributed by atoms with Crippen LogP contribution in [0.15, 0.2) is 45.9 Å². The monoisotopic (exact) mass is 470 g/mol. The van der Waals surface area contributed by atoms with E-state index in [0.29, 0.717) is 0 Å². The van der Waals surface area contributed by atoms with Gasteiger partial charge in [0.05, 0.1) is 11.0 Å². The Morgan fingerprint density at radius 2 is 2.16 bits per heavy atom. The number of halogens is 1. The molecule has 0 aliphatic rings. The lowest BCUT2D eigenvalue weighted by Crippen LogP contribution is -2.39. The summed E-state index contributed by atoms with van der Waals surface area (Å²) in [6, 6.07) is 10.1. The maximum atomic E-state index is 5.90. The van der Waals surface area contributed by atoms with Gasteiger partial charge in [0.25, 0.3) is 0 Å². The van der Waals surface area contributed by atoms with E-state index < -0.39 is 0 Å². The van der Waals surface area contributed by atoms with Crippen LogP contribution in [0, 0.1) is 6.92 Å². The van der Waals surface area contributed by atoms with Gasteiger partial charge in [0.1, 0.15) is 11.3 Å². The summed E-state index contributed by atoms with van der Waals surface area (Å²) in [5.41, 5.74) is 0.906. The Balaban J connectivity index is 0.00000225. The molecule has 3 aromatic rings. The molecule has 1 unspecified atom stereocenters. The van der Waals surface area contributed by atoms with Crippen molar-refractivity contribution in [1.29, 1.82) is 0 Å². The predicted octanol–water partition coefficient (Wildman–Crippen LogP) is 4.28. The highest BCUT2D eigenvalue weighted by atomic mass is 127. The van der Waals surface area contributed by atoms with Gasteiger partial charge in [-0.2, -0.15) is 0 Å². The summed E-state index contributed by atoms with van der Waals surface area (Å²) in [6.45, 7) is 4.93. The second-order valence-electron chi connectivity index (χ2n) is 5.67. The Morgan fingerprint density at radius 3 is 2.84 bits per heavy atom. The Bertz CT molecular complexity index is 809. The van der Waals surface area contributed by atoms with Crippen molar-refractivity contribution in [2.75, 3.05) is 13.6 Å². The average Bonchev–Trinajstić information content (AvgIpc) is 3.19. The molecule has 0 bridgehead atoms. The van der Waals surface area contributed by atoms with Gasteiger partial charge in [0, 0.05) is 36.5 Å². The zero-order chi connectivity index (χ0) is 16.9. The quantitative estimate of drug-likeness (QED) is 0.332. The molecule has 134 valence electrons. The van der Waals surface area contributed by atoms with E-state index in [9.17, 15) is 0 Å². The molecule has 1 aromatic carbocycles. The fourth-order valence-corrected chi connectivity index (χ4v) is 3.28. The predicted molar refractivity (Wildman–Crippen MR) is 115 cm³/mol. The van der Waals surface area contributed by atoms with Crippen LogP contribution in [-0.2, 0) is 6.42 Å². The van der Waals surface area contributed by atoms with Crippen molar-refractivity contribution in [2.45, 2.75) is 26.3 Å². The number of thiazole rings is 1. The van der Waals surface area contributed by atoms with E-state index in [1.54, 1.807) is 18.4 Å². The fourth-order valence-electron chi connectivity index (χ4n) is 2.49. The minimum Gasteiger partial charge on any atom is -0.459 e. The number of hydrogen-bond donors (Lipinski definition) is 2. The number of benzene rings is 1. The second kappa shape index (κ2) is 9.19. The third-order valence-electron chi connectivity index (χ3n) is 3.75. The molecule has 2 N–H and O–H groups in total. The van der Waals surface area contributed by atoms with Crippen LogP contribution in [0.4, 0.5) is 0 Å². The van der Waals surface area contributed by atoms with Crippen LogP contribution in [0.5, 0.6) is 0 Å². The van der Waals surface area contributed by atoms with Gasteiger partial charge in [-0.05, 0) is 26.0 Å². The van der Waals surface area contributed by atoms with E-state index in [4.69, 9.17) is 4.42 Å². The first-order valence-corrected chi connectivity index (χ1v) is 8.84. The molecule has 7 heteroatoms. The minimum atomic E-state index is 0. The molecular weight excluding hydrogens is 447 g/mol. The topological polar surface area (TPSA) is 62.5 Å². The number of aryl methyl sites for hydroxylation is 1. The zero-order valence-electron chi connectivity index (χ0n) is 14.6. The Morgan fingerprint density at radius 1 is 1.36 bits per heavy atom. The number of nitrogens with zero attached hydrogens (tertiary/aromatic N) is 2. The Kier molecular flexibility index (Phi) is 7.24. The van der Waals surface area contributed by atoms with Crippen LogP contribution >= 0.6 is 35.3 Å². The third-order valence-corrected chi connectivity index (χ3v) is 4.72. The number of para-hydroxylation sites is 1. The number of fused-ring (bicyclic) bond motifs is 1. The van der Waals surface area contributed by atoms with E-state index in [-0.39, 0.29) is 30.0 Å². The van der Waals surface area contributed by atoms with Crippen LogP contribution in [0.3, 0.4) is 0 Å². The van der Waals surface area contributed by atoms with E-state index in [1.165, 1.54) is 4.88 Å². The molecule has 25 heavy (non-hydrogen) atoms. The molecule has 0 aliphatic heterocycles. The van der Waals surface area contributed by atoms with Gasteiger partial charge in [-0.15, -0.1) is 35.3 Å². The van der Waals surface area contributed by atoms with Gasteiger partial charge in [0.2, 0.25) is 0 Å². The first-order valence-electron chi connectivity index (χ1n) is 8.02. The van der Waals surface area contributed by atoms with Crippen LogP contribution in [0.25, 0.3) is 11.0 Å². The molecule has 2 heterocycles. The average molecular weight is 470 g/mol. The Hall–Kier alpha value is -1.61. The highest BCUT2D eigenvalue weighted by molar-refractivity contribution is 14.0. The van der Waals surface area contributed by atoms with Crippen LogP contribution in [-0.4, -0.2) is 24.5 Å². The van der Waals surface area contributed by atoms with Crippen molar-refractivity contribution in [3.63, 3.8) is 0 Å². The molecule has 0 saturated heterocycles. The number of aliphatic imine (C=N–C) groups is 1. The normalized spacial score (nSPS) is 12.7. The molecule has 2 aromatic heterocycles. The van der Waals surface area contributed by atoms with E-state index >= 15 is 0 Å². The van der Waals surface area contributed by atoms with Gasteiger partial charge in [-0.25, -0.2) is 4.98 Å². The zero-order valence-corrected chi connectivity index (χ0v) is 17.7. The van der Waals surface area contributed by atoms with E-state index in [2.05, 4.69) is 46.6 Å². The number of rotatable bonds is 5. The van der Waals surface area contributed by atoms with E-state index in [1.807, 2.05) is 24.4 Å². The number of hydrogen-bond acceptors (Lipinski definition) is 4. The van der Waals surface area contributed by atoms with Crippen molar-refractivity contribution < 1.29 is 4.42 Å². The lowest BCUT2D eigenvalue weighted by Gasteiger charge is -2.16. The highest BCUT2D eigenvalue weighted by Gasteiger charge is 2.13. The maximum Gasteiger partial charge on any atom is 0.191 e. The van der Waals surface area contributed by atoms with Gasteiger partial charge >= 0.3 is 0 Å². The minimum absolute atomic E-state index is 0. The van der Waals surface area contributed by atoms with E-state index in [0.717, 1.165) is 40.7 Å². The Labute approximate surface area is 169 Å². The van der Waals surface area contributed by atoms with Crippen molar-refractivity contribution in [3.05, 3.63) is 52.2 Å². The molecule has 0 aliphatic carbocycles. The number of nitrogens with one attached hydrogen (secondary N) is 2. The SMILES string of the molecule is CN=C(NCCc1ncc(C)s1)NC(C)c1cc2ccccc2o1.I. The molecule has 0 fully saturated rings.